The molecule has 1 aromatic rings. The van der Waals surface area contributed by atoms with Gasteiger partial charge in [0.05, 0.1) is 19.7 Å². The fourth-order valence-electron chi connectivity index (χ4n) is 4.78. The van der Waals surface area contributed by atoms with Crippen molar-refractivity contribution in [2.45, 2.75) is 45.3 Å². The molecule has 0 N–H and O–H groups in total. The van der Waals surface area contributed by atoms with Crippen molar-refractivity contribution in [2.24, 2.45) is 30.7 Å². The molecule has 1 fully saturated rings. The maximum absolute atomic E-state index is 6.22. The number of hydrogen-bond donors (Lipinski definition) is 0. The quantitative estimate of drug-likeness (QED) is 0.429. The van der Waals surface area contributed by atoms with E-state index < -0.39 is 0 Å². The van der Waals surface area contributed by atoms with E-state index >= 15 is 0 Å². The third-order valence-corrected chi connectivity index (χ3v) is 6.24. The van der Waals surface area contributed by atoms with Crippen LogP contribution in [0.15, 0.2) is 36.7 Å². The number of nitrogens with zero attached hydrogens (tertiary/aromatic N) is 2. The zero-order chi connectivity index (χ0) is 15.8. The summed E-state index contributed by atoms with van der Waals surface area (Å²) in [5.74, 6) is 4.43. The summed E-state index contributed by atoms with van der Waals surface area (Å²) >= 11 is 0. The smallest absolute Gasteiger partial charge is 0.253 e. The van der Waals surface area contributed by atoms with Gasteiger partial charge in [0.25, 0.3) is 5.82 Å². The summed E-state index contributed by atoms with van der Waals surface area (Å²) in [4.78, 5) is 0. The number of rotatable bonds is 7. The Balaban J connectivity index is 1.15. The first kappa shape index (κ1) is 15.2. The van der Waals surface area contributed by atoms with Gasteiger partial charge in [0.1, 0.15) is 12.4 Å². The Bertz CT molecular complexity index is 615. The van der Waals surface area contributed by atoms with E-state index in [2.05, 4.69) is 59.8 Å². The maximum Gasteiger partial charge on any atom is 0.253 e. The molecule has 0 amide bonds. The average Bonchev–Trinajstić information content (AvgIpc) is 3.29. The standard InChI is InChI=1S/C20H29N2O/c1-15-21(2)11-12-22(15)10-4-3-5-13-23-19-9-8-18-16-6-7-17(14-16)20(18)19/h6-9,11-12,16-20H,3-5,10,13-14H2,1-2H3/q+1/t16?,17?,18-,19+,20+/m0/s1. The molecule has 5 atom stereocenters. The molecule has 0 aromatic carbocycles. The number of aromatic nitrogens is 2. The fourth-order valence-corrected chi connectivity index (χ4v) is 4.78. The van der Waals surface area contributed by atoms with Crippen LogP contribution in [0.2, 0.25) is 0 Å². The molecule has 1 heterocycles. The van der Waals surface area contributed by atoms with E-state index in [0.29, 0.717) is 6.10 Å². The van der Waals surface area contributed by atoms with E-state index in [4.69, 9.17) is 4.74 Å². The van der Waals surface area contributed by atoms with Gasteiger partial charge in [0.2, 0.25) is 0 Å². The van der Waals surface area contributed by atoms with Crippen LogP contribution in [0.1, 0.15) is 31.5 Å². The minimum atomic E-state index is 0.380. The third-order valence-electron chi connectivity index (χ3n) is 6.24. The molecule has 0 aliphatic heterocycles. The number of unbranched alkanes of at least 4 members (excludes halogenated alkanes) is 2. The molecule has 3 aliphatic carbocycles. The first-order valence-corrected chi connectivity index (χ1v) is 9.23. The van der Waals surface area contributed by atoms with Crippen LogP contribution in [-0.2, 0) is 18.3 Å². The molecular formula is C20H29N2O+. The molecular weight excluding hydrogens is 284 g/mol. The second-order valence-electron chi connectivity index (χ2n) is 7.53. The van der Waals surface area contributed by atoms with Gasteiger partial charge in [-0.1, -0.05) is 24.3 Å². The molecule has 0 radical (unpaired) electrons. The Hall–Kier alpha value is -1.35. The van der Waals surface area contributed by atoms with Crippen molar-refractivity contribution in [1.82, 2.24) is 4.57 Å². The van der Waals surface area contributed by atoms with Crippen LogP contribution in [0.5, 0.6) is 0 Å². The van der Waals surface area contributed by atoms with Crippen LogP contribution in [0, 0.1) is 30.6 Å². The second kappa shape index (κ2) is 6.27. The highest BCUT2D eigenvalue weighted by Gasteiger charge is 2.49. The Kier molecular flexibility index (Phi) is 4.14. The van der Waals surface area contributed by atoms with Gasteiger partial charge in [-0.15, -0.1) is 0 Å². The minimum absolute atomic E-state index is 0.380. The van der Waals surface area contributed by atoms with E-state index in [-0.39, 0.29) is 0 Å². The summed E-state index contributed by atoms with van der Waals surface area (Å²) in [5.41, 5.74) is 0. The molecule has 124 valence electrons. The molecule has 4 rings (SSSR count). The molecule has 3 aliphatic rings. The van der Waals surface area contributed by atoms with Gasteiger partial charge < -0.3 is 4.74 Å². The van der Waals surface area contributed by atoms with Crippen molar-refractivity contribution in [1.29, 1.82) is 0 Å². The lowest BCUT2D eigenvalue weighted by Gasteiger charge is -2.26. The zero-order valence-electron chi connectivity index (χ0n) is 14.4. The molecule has 23 heavy (non-hydrogen) atoms. The number of aryl methyl sites for hydroxylation is 2. The van der Waals surface area contributed by atoms with Crippen LogP contribution < -0.4 is 4.57 Å². The van der Waals surface area contributed by atoms with E-state index in [1.165, 1.54) is 31.5 Å². The van der Waals surface area contributed by atoms with Gasteiger partial charge in [0, 0.05) is 19.4 Å². The van der Waals surface area contributed by atoms with Crippen LogP contribution in [-0.4, -0.2) is 17.3 Å². The van der Waals surface area contributed by atoms with Crippen molar-refractivity contribution in [3.63, 3.8) is 0 Å². The first-order chi connectivity index (χ1) is 11.2. The van der Waals surface area contributed by atoms with Gasteiger partial charge >= 0.3 is 0 Å². The largest absolute Gasteiger partial charge is 0.374 e. The SMILES string of the molecule is Cc1n(CCCCCO[C@@H]2C=C[C@H]3C4C=CC(C4)[C@@H]23)cc[n+]1C. The van der Waals surface area contributed by atoms with Crippen molar-refractivity contribution >= 4 is 0 Å². The Morgan fingerprint density at radius 3 is 2.83 bits per heavy atom. The van der Waals surface area contributed by atoms with Gasteiger partial charge in [-0.05, 0) is 43.4 Å². The van der Waals surface area contributed by atoms with Gasteiger partial charge in [0.15, 0.2) is 0 Å². The maximum atomic E-state index is 6.22. The predicted octanol–water partition coefficient (Wildman–Crippen LogP) is 3.18. The summed E-state index contributed by atoms with van der Waals surface area (Å²) in [6, 6.07) is 0. The predicted molar refractivity (Wildman–Crippen MR) is 90.8 cm³/mol. The molecule has 0 saturated heterocycles. The lowest BCUT2D eigenvalue weighted by molar-refractivity contribution is -0.677. The van der Waals surface area contributed by atoms with Gasteiger partial charge in [-0.3, -0.25) is 0 Å². The summed E-state index contributed by atoms with van der Waals surface area (Å²) in [6.45, 7) is 4.21. The Labute approximate surface area is 139 Å². The lowest BCUT2D eigenvalue weighted by Crippen LogP contribution is -2.29. The van der Waals surface area contributed by atoms with E-state index in [1.54, 1.807) is 0 Å². The fraction of sp³-hybridized carbons (Fsp3) is 0.650. The van der Waals surface area contributed by atoms with Crippen LogP contribution in [0.25, 0.3) is 0 Å². The van der Waals surface area contributed by atoms with E-state index in [0.717, 1.165) is 36.8 Å². The normalized spacial score (nSPS) is 33.7. The second-order valence-corrected chi connectivity index (χ2v) is 7.53. The van der Waals surface area contributed by atoms with E-state index in [1.807, 2.05) is 0 Å². The number of hydrogen-bond acceptors (Lipinski definition) is 1. The highest BCUT2D eigenvalue weighted by molar-refractivity contribution is 5.25. The molecule has 3 nitrogen and oxygen atoms in total. The third kappa shape index (κ3) is 2.80. The average molecular weight is 313 g/mol. The Morgan fingerprint density at radius 1 is 1.13 bits per heavy atom. The van der Waals surface area contributed by atoms with Gasteiger partial charge in [-0.25, -0.2) is 9.13 Å². The Morgan fingerprint density at radius 2 is 2.00 bits per heavy atom. The van der Waals surface area contributed by atoms with Crippen LogP contribution >= 0.6 is 0 Å². The molecule has 3 heteroatoms. The summed E-state index contributed by atoms with van der Waals surface area (Å²) in [6.07, 6.45) is 19.4. The van der Waals surface area contributed by atoms with Crippen LogP contribution in [0.3, 0.4) is 0 Å². The minimum Gasteiger partial charge on any atom is -0.374 e. The monoisotopic (exact) mass is 313 g/mol. The first-order valence-electron chi connectivity index (χ1n) is 9.23. The lowest BCUT2D eigenvalue weighted by atomic mass is 9.84. The molecule has 0 spiro atoms. The molecule has 2 bridgehead atoms. The number of ether oxygens (including phenoxy) is 1. The topological polar surface area (TPSA) is 18.0 Å². The molecule has 2 unspecified atom stereocenters. The number of fused-ring (bicyclic) bond motifs is 5. The van der Waals surface area contributed by atoms with Crippen molar-refractivity contribution in [3.8, 4) is 0 Å². The zero-order valence-corrected chi connectivity index (χ0v) is 14.4. The number of imidazole rings is 1. The van der Waals surface area contributed by atoms with Crippen molar-refractivity contribution in [3.05, 3.63) is 42.5 Å². The van der Waals surface area contributed by atoms with Crippen molar-refractivity contribution < 1.29 is 9.30 Å². The highest BCUT2D eigenvalue weighted by atomic mass is 16.5. The highest BCUT2D eigenvalue weighted by Crippen LogP contribution is 2.53. The molecule has 1 saturated carbocycles. The van der Waals surface area contributed by atoms with Crippen LogP contribution in [0.4, 0.5) is 0 Å². The molecule has 1 aromatic heterocycles. The van der Waals surface area contributed by atoms with Gasteiger partial charge in [-0.2, -0.15) is 0 Å². The summed E-state index contributed by atoms with van der Waals surface area (Å²) < 4.78 is 10.7. The summed E-state index contributed by atoms with van der Waals surface area (Å²) in [5, 5.41) is 0. The summed E-state index contributed by atoms with van der Waals surface area (Å²) in [7, 11) is 2.10. The van der Waals surface area contributed by atoms with E-state index in [9.17, 15) is 0 Å². The van der Waals surface area contributed by atoms with Crippen molar-refractivity contribution in [2.75, 3.05) is 6.61 Å². The number of allylic oxidation sites excluding steroid dienone is 3.